The van der Waals surface area contributed by atoms with Gasteiger partial charge in [0.15, 0.2) is 0 Å². The Hall–Kier alpha value is -2.30. The molecule has 0 radical (unpaired) electrons. The number of aryl methyl sites for hydroxylation is 1. The van der Waals surface area contributed by atoms with Gasteiger partial charge in [0.05, 0.1) is 11.9 Å². The molecule has 0 spiro atoms. The Labute approximate surface area is 165 Å². The summed E-state index contributed by atoms with van der Waals surface area (Å²) in [5.41, 5.74) is 7.58. The zero-order valence-electron chi connectivity index (χ0n) is 15.9. The summed E-state index contributed by atoms with van der Waals surface area (Å²) in [6.45, 7) is 9.54. The lowest BCUT2D eigenvalue weighted by Gasteiger charge is -2.37. The van der Waals surface area contributed by atoms with Crippen molar-refractivity contribution in [3.05, 3.63) is 70.4 Å². The lowest BCUT2D eigenvalue weighted by Crippen LogP contribution is -2.46. The number of rotatable bonds is 4. The molecule has 1 aromatic heterocycles. The molecule has 27 heavy (non-hydrogen) atoms. The molecular weight excluding hydrogens is 356 g/mol. The van der Waals surface area contributed by atoms with Gasteiger partial charge in [0.1, 0.15) is 0 Å². The molecule has 2 heterocycles. The monoisotopic (exact) mass is 380 g/mol. The van der Waals surface area contributed by atoms with Crippen LogP contribution in [0.1, 0.15) is 16.7 Å². The predicted molar refractivity (Wildman–Crippen MR) is 112 cm³/mol. The maximum atomic E-state index is 6.01. The molecule has 4 rings (SSSR count). The van der Waals surface area contributed by atoms with E-state index in [1.165, 1.54) is 22.4 Å². The smallest absolute Gasteiger partial charge is 0.0695 e. The Balaban J connectivity index is 1.42. The highest BCUT2D eigenvalue weighted by atomic mass is 35.5. The number of hydrogen-bond donors (Lipinski definition) is 1. The van der Waals surface area contributed by atoms with Gasteiger partial charge in [0, 0.05) is 49.0 Å². The Bertz CT molecular complexity index is 908. The van der Waals surface area contributed by atoms with Gasteiger partial charge in [-0.3, -0.25) is 10.00 Å². The number of aromatic nitrogens is 2. The minimum atomic E-state index is 0.752. The normalized spacial score (nSPS) is 15.3. The largest absolute Gasteiger partial charge is 0.369 e. The summed E-state index contributed by atoms with van der Waals surface area (Å²) in [6, 6.07) is 14.5. The van der Waals surface area contributed by atoms with E-state index in [9.17, 15) is 0 Å². The van der Waals surface area contributed by atoms with E-state index >= 15 is 0 Å². The second-order valence-corrected chi connectivity index (χ2v) is 7.70. The topological polar surface area (TPSA) is 35.2 Å². The number of anilines is 1. The van der Waals surface area contributed by atoms with Crippen molar-refractivity contribution in [3.8, 4) is 11.3 Å². The fourth-order valence-corrected chi connectivity index (χ4v) is 3.89. The minimum Gasteiger partial charge on any atom is -0.369 e. The Morgan fingerprint density at radius 1 is 1.00 bits per heavy atom. The van der Waals surface area contributed by atoms with Crippen molar-refractivity contribution in [2.45, 2.75) is 20.4 Å². The van der Waals surface area contributed by atoms with Crippen molar-refractivity contribution in [1.82, 2.24) is 15.1 Å². The van der Waals surface area contributed by atoms with E-state index in [0.717, 1.165) is 49.0 Å². The molecule has 0 bridgehead atoms. The number of H-pyrrole nitrogens is 1. The molecule has 1 fully saturated rings. The van der Waals surface area contributed by atoms with Crippen LogP contribution in [0.4, 0.5) is 5.69 Å². The number of piperazine rings is 1. The minimum absolute atomic E-state index is 0.752. The molecule has 0 atom stereocenters. The number of nitrogens with one attached hydrogen (secondary N) is 1. The summed E-state index contributed by atoms with van der Waals surface area (Å²) >= 11 is 6.01. The van der Waals surface area contributed by atoms with E-state index < -0.39 is 0 Å². The van der Waals surface area contributed by atoms with Crippen LogP contribution in [0, 0.1) is 13.8 Å². The van der Waals surface area contributed by atoms with E-state index in [1.807, 2.05) is 30.5 Å². The molecule has 5 heteroatoms. The third-order valence-electron chi connectivity index (χ3n) is 5.53. The van der Waals surface area contributed by atoms with E-state index in [-0.39, 0.29) is 0 Å². The lowest BCUT2D eigenvalue weighted by atomic mass is 10.1. The molecule has 0 saturated carbocycles. The van der Waals surface area contributed by atoms with Gasteiger partial charge >= 0.3 is 0 Å². The molecular formula is C22H25ClN4. The standard InChI is InChI=1S/C22H25ClN4/c1-16-4-3-5-21(17(16)2)27-12-10-26(11-13-27)15-19-14-24-25-22(19)18-6-8-20(23)9-7-18/h3-9,14H,10-13,15H2,1-2H3,(H,24,25). The van der Waals surface area contributed by atoms with Crippen LogP contribution < -0.4 is 4.90 Å². The first-order valence-electron chi connectivity index (χ1n) is 9.43. The molecule has 1 aliphatic heterocycles. The van der Waals surface area contributed by atoms with Crippen molar-refractivity contribution >= 4 is 17.3 Å². The fraction of sp³-hybridized carbons (Fsp3) is 0.318. The van der Waals surface area contributed by atoms with Gasteiger partial charge in [0.25, 0.3) is 0 Å². The first-order chi connectivity index (χ1) is 13.1. The van der Waals surface area contributed by atoms with Crippen molar-refractivity contribution in [3.63, 3.8) is 0 Å². The van der Waals surface area contributed by atoms with Crippen LogP contribution in [0.2, 0.25) is 5.02 Å². The van der Waals surface area contributed by atoms with Crippen LogP contribution in [0.25, 0.3) is 11.3 Å². The average molecular weight is 381 g/mol. The number of nitrogens with zero attached hydrogens (tertiary/aromatic N) is 3. The maximum absolute atomic E-state index is 6.01. The molecule has 1 N–H and O–H groups in total. The van der Waals surface area contributed by atoms with Crippen LogP contribution in [0.3, 0.4) is 0 Å². The van der Waals surface area contributed by atoms with E-state index in [2.05, 4.69) is 52.0 Å². The predicted octanol–water partition coefficient (Wildman–Crippen LogP) is 4.67. The zero-order valence-corrected chi connectivity index (χ0v) is 16.6. The molecule has 0 aliphatic carbocycles. The van der Waals surface area contributed by atoms with Crippen LogP contribution in [0.5, 0.6) is 0 Å². The molecule has 1 saturated heterocycles. The summed E-state index contributed by atoms with van der Waals surface area (Å²) in [6.07, 6.45) is 1.95. The molecule has 1 aliphatic rings. The number of aromatic amines is 1. The first kappa shape index (κ1) is 18.1. The van der Waals surface area contributed by atoms with Crippen LogP contribution in [0.15, 0.2) is 48.7 Å². The highest BCUT2D eigenvalue weighted by Crippen LogP contribution is 2.26. The Kier molecular flexibility index (Phi) is 5.19. The van der Waals surface area contributed by atoms with Crippen molar-refractivity contribution in [2.24, 2.45) is 0 Å². The summed E-state index contributed by atoms with van der Waals surface area (Å²) in [7, 11) is 0. The third-order valence-corrected chi connectivity index (χ3v) is 5.79. The van der Waals surface area contributed by atoms with Crippen LogP contribution in [-0.2, 0) is 6.54 Å². The van der Waals surface area contributed by atoms with E-state index in [0.29, 0.717) is 0 Å². The Morgan fingerprint density at radius 2 is 1.74 bits per heavy atom. The number of benzene rings is 2. The average Bonchev–Trinajstić information content (AvgIpc) is 3.13. The zero-order chi connectivity index (χ0) is 18.8. The second kappa shape index (κ2) is 7.75. The lowest BCUT2D eigenvalue weighted by molar-refractivity contribution is 0.250. The molecule has 140 valence electrons. The summed E-state index contributed by atoms with van der Waals surface area (Å²) in [5.74, 6) is 0. The van der Waals surface area contributed by atoms with Gasteiger partial charge in [-0.1, -0.05) is 35.9 Å². The molecule has 4 nitrogen and oxygen atoms in total. The molecule has 0 unspecified atom stereocenters. The highest BCUT2D eigenvalue weighted by molar-refractivity contribution is 6.30. The van der Waals surface area contributed by atoms with Gasteiger partial charge in [0.2, 0.25) is 0 Å². The summed E-state index contributed by atoms with van der Waals surface area (Å²) < 4.78 is 0. The van der Waals surface area contributed by atoms with Crippen molar-refractivity contribution < 1.29 is 0 Å². The summed E-state index contributed by atoms with van der Waals surface area (Å²) in [4.78, 5) is 5.01. The number of hydrogen-bond acceptors (Lipinski definition) is 3. The van der Waals surface area contributed by atoms with Gasteiger partial charge in [-0.05, 0) is 48.7 Å². The highest BCUT2D eigenvalue weighted by Gasteiger charge is 2.20. The van der Waals surface area contributed by atoms with Crippen molar-refractivity contribution in [1.29, 1.82) is 0 Å². The fourth-order valence-electron chi connectivity index (χ4n) is 3.76. The molecule has 0 amide bonds. The maximum Gasteiger partial charge on any atom is 0.0695 e. The van der Waals surface area contributed by atoms with Crippen LogP contribution in [-0.4, -0.2) is 41.3 Å². The van der Waals surface area contributed by atoms with Gasteiger partial charge in [-0.25, -0.2) is 0 Å². The number of halogens is 1. The first-order valence-corrected chi connectivity index (χ1v) is 9.81. The molecule has 3 aromatic rings. The van der Waals surface area contributed by atoms with E-state index in [4.69, 9.17) is 11.6 Å². The quantitative estimate of drug-likeness (QED) is 0.714. The van der Waals surface area contributed by atoms with Gasteiger partial charge in [-0.15, -0.1) is 0 Å². The summed E-state index contributed by atoms with van der Waals surface area (Å²) in [5, 5.41) is 8.18. The van der Waals surface area contributed by atoms with Gasteiger partial charge in [-0.2, -0.15) is 5.10 Å². The van der Waals surface area contributed by atoms with Crippen LogP contribution >= 0.6 is 11.6 Å². The SMILES string of the molecule is Cc1cccc(N2CCN(Cc3cn[nH]c3-c3ccc(Cl)cc3)CC2)c1C. The molecule has 2 aromatic carbocycles. The van der Waals surface area contributed by atoms with Crippen molar-refractivity contribution in [2.75, 3.05) is 31.1 Å². The third kappa shape index (κ3) is 3.87. The Morgan fingerprint density at radius 3 is 2.48 bits per heavy atom. The van der Waals surface area contributed by atoms with Gasteiger partial charge < -0.3 is 4.90 Å². The van der Waals surface area contributed by atoms with E-state index in [1.54, 1.807) is 0 Å². The second-order valence-electron chi connectivity index (χ2n) is 7.26.